The maximum Gasteiger partial charge on any atom is 0.300 e. The Bertz CT molecular complexity index is 1510. The van der Waals surface area contributed by atoms with E-state index in [1.165, 1.54) is 12.0 Å². The molecule has 1 heterocycles. The van der Waals surface area contributed by atoms with Gasteiger partial charge in [0.2, 0.25) is 0 Å². The van der Waals surface area contributed by atoms with Gasteiger partial charge in [0, 0.05) is 11.3 Å². The van der Waals surface area contributed by atoms with Crippen molar-refractivity contribution in [1.82, 2.24) is 0 Å². The first-order chi connectivity index (χ1) is 18.0. The lowest BCUT2D eigenvalue weighted by Gasteiger charge is -2.26. The molecule has 0 radical (unpaired) electrons. The topological polar surface area (TPSA) is 76.1 Å². The van der Waals surface area contributed by atoms with Gasteiger partial charge in [-0.3, -0.25) is 14.5 Å². The van der Waals surface area contributed by atoms with E-state index in [0.717, 1.165) is 5.56 Å². The Labute approximate surface area is 215 Å². The number of carbonyl (C=O) groups is 2. The molecule has 5 rings (SSSR count). The molecule has 0 saturated carbocycles. The SMILES string of the molecule is COc1cccc(/C(O)=C2/C(=O)C(=O)N(c3cccc(C)c3)C2c2cccc(Oc3ccccc3)c2)c1. The van der Waals surface area contributed by atoms with Crippen molar-refractivity contribution in [3.63, 3.8) is 0 Å². The summed E-state index contributed by atoms with van der Waals surface area (Å²) in [7, 11) is 1.52. The number of amides is 1. The fourth-order valence-electron chi connectivity index (χ4n) is 4.49. The summed E-state index contributed by atoms with van der Waals surface area (Å²) in [5.74, 6) is -0.0298. The summed E-state index contributed by atoms with van der Waals surface area (Å²) >= 11 is 0. The van der Waals surface area contributed by atoms with E-state index in [9.17, 15) is 14.7 Å². The zero-order chi connectivity index (χ0) is 25.9. The van der Waals surface area contributed by atoms with Crippen molar-refractivity contribution >= 4 is 23.1 Å². The average Bonchev–Trinajstić information content (AvgIpc) is 3.19. The van der Waals surface area contributed by atoms with E-state index in [-0.39, 0.29) is 11.3 Å². The Morgan fingerprint density at radius 1 is 0.784 bits per heavy atom. The lowest BCUT2D eigenvalue weighted by atomic mass is 9.95. The van der Waals surface area contributed by atoms with E-state index >= 15 is 0 Å². The van der Waals surface area contributed by atoms with E-state index in [1.807, 2.05) is 61.5 Å². The van der Waals surface area contributed by atoms with Crippen molar-refractivity contribution in [2.45, 2.75) is 13.0 Å². The lowest BCUT2D eigenvalue weighted by Crippen LogP contribution is -2.29. The first-order valence-corrected chi connectivity index (χ1v) is 11.8. The van der Waals surface area contributed by atoms with Crippen molar-refractivity contribution in [3.8, 4) is 17.2 Å². The van der Waals surface area contributed by atoms with Crippen LogP contribution in [0, 0.1) is 6.92 Å². The molecule has 0 aromatic heterocycles. The fourth-order valence-corrected chi connectivity index (χ4v) is 4.49. The molecular formula is C31H25NO5. The highest BCUT2D eigenvalue weighted by atomic mass is 16.5. The van der Waals surface area contributed by atoms with Crippen LogP contribution in [0.5, 0.6) is 17.2 Å². The van der Waals surface area contributed by atoms with Gasteiger partial charge in [-0.1, -0.05) is 54.6 Å². The van der Waals surface area contributed by atoms with Crippen LogP contribution in [0.2, 0.25) is 0 Å². The van der Waals surface area contributed by atoms with E-state index in [2.05, 4.69) is 0 Å². The molecule has 4 aromatic carbocycles. The molecule has 6 nitrogen and oxygen atoms in total. The number of rotatable bonds is 6. The van der Waals surface area contributed by atoms with E-state index in [4.69, 9.17) is 9.47 Å². The molecule has 0 bridgehead atoms. The van der Waals surface area contributed by atoms with Gasteiger partial charge < -0.3 is 14.6 Å². The van der Waals surface area contributed by atoms with Crippen LogP contribution in [0.3, 0.4) is 0 Å². The monoisotopic (exact) mass is 491 g/mol. The van der Waals surface area contributed by atoms with Crippen LogP contribution in [0.25, 0.3) is 5.76 Å². The third-order valence-electron chi connectivity index (χ3n) is 6.22. The number of carbonyl (C=O) groups excluding carboxylic acids is 2. The minimum Gasteiger partial charge on any atom is -0.507 e. The number of ether oxygens (including phenoxy) is 2. The van der Waals surface area contributed by atoms with Gasteiger partial charge in [-0.25, -0.2) is 0 Å². The first-order valence-electron chi connectivity index (χ1n) is 11.8. The van der Waals surface area contributed by atoms with Gasteiger partial charge in [-0.2, -0.15) is 0 Å². The molecular weight excluding hydrogens is 466 g/mol. The highest BCUT2D eigenvalue weighted by Gasteiger charge is 2.47. The summed E-state index contributed by atoms with van der Waals surface area (Å²) in [5.41, 5.74) is 2.50. The Hall–Kier alpha value is -4.84. The van der Waals surface area contributed by atoms with Crippen LogP contribution < -0.4 is 14.4 Å². The van der Waals surface area contributed by atoms with E-state index in [0.29, 0.717) is 34.1 Å². The number of hydrogen-bond acceptors (Lipinski definition) is 5. The molecule has 1 unspecified atom stereocenters. The maximum atomic E-state index is 13.4. The van der Waals surface area contributed by atoms with Gasteiger partial charge in [-0.15, -0.1) is 0 Å². The molecule has 1 amide bonds. The fraction of sp³-hybridized carbons (Fsp3) is 0.0968. The number of ketones is 1. The molecule has 37 heavy (non-hydrogen) atoms. The summed E-state index contributed by atoms with van der Waals surface area (Å²) < 4.78 is 11.3. The normalized spacial score (nSPS) is 16.6. The average molecular weight is 492 g/mol. The molecule has 0 aliphatic carbocycles. The second-order valence-corrected chi connectivity index (χ2v) is 8.73. The van der Waals surface area contributed by atoms with Gasteiger partial charge in [0.15, 0.2) is 0 Å². The molecule has 1 atom stereocenters. The number of aliphatic hydroxyl groups is 1. The van der Waals surface area contributed by atoms with Crippen molar-refractivity contribution in [2.24, 2.45) is 0 Å². The Morgan fingerprint density at radius 2 is 1.49 bits per heavy atom. The molecule has 184 valence electrons. The number of anilines is 1. The Balaban J connectivity index is 1.68. The third-order valence-corrected chi connectivity index (χ3v) is 6.22. The zero-order valence-corrected chi connectivity index (χ0v) is 20.4. The zero-order valence-electron chi connectivity index (χ0n) is 20.4. The maximum absolute atomic E-state index is 13.4. The second-order valence-electron chi connectivity index (χ2n) is 8.73. The minimum absolute atomic E-state index is 0.00313. The highest BCUT2D eigenvalue weighted by Crippen LogP contribution is 2.43. The van der Waals surface area contributed by atoms with Gasteiger partial charge in [0.25, 0.3) is 11.7 Å². The van der Waals surface area contributed by atoms with Crippen molar-refractivity contribution in [2.75, 3.05) is 12.0 Å². The molecule has 6 heteroatoms. The second kappa shape index (κ2) is 10.0. The smallest absolute Gasteiger partial charge is 0.300 e. The van der Waals surface area contributed by atoms with Crippen LogP contribution in [0.15, 0.2) is 109 Å². The molecule has 0 spiro atoms. The third kappa shape index (κ3) is 4.69. The molecule has 1 saturated heterocycles. The Morgan fingerprint density at radius 3 is 2.24 bits per heavy atom. The predicted octanol–water partition coefficient (Wildman–Crippen LogP) is 6.42. The standard InChI is InChI=1S/C31H25NO5/c1-20-9-6-12-23(17-20)32-28(21-10-7-16-26(18-21)37-24-13-4-3-5-14-24)27(30(34)31(32)35)29(33)22-11-8-15-25(19-22)36-2/h3-19,28,33H,1-2H3/b29-27-. The van der Waals surface area contributed by atoms with Crippen LogP contribution in [-0.2, 0) is 9.59 Å². The van der Waals surface area contributed by atoms with Crippen LogP contribution in [0.1, 0.15) is 22.7 Å². The summed E-state index contributed by atoms with van der Waals surface area (Å²) in [6.45, 7) is 1.92. The van der Waals surface area contributed by atoms with E-state index < -0.39 is 17.7 Å². The summed E-state index contributed by atoms with van der Waals surface area (Å²) in [5, 5.41) is 11.4. The lowest BCUT2D eigenvalue weighted by molar-refractivity contribution is -0.132. The van der Waals surface area contributed by atoms with Crippen molar-refractivity contribution in [3.05, 3.63) is 125 Å². The number of nitrogens with zero attached hydrogens (tertiary/aromatic N) is 1. The van der Waals surface area contributed by atoms with Crippen LogP contribution in [-0.4, -0.2) is 23.9 Å². The molecule has 1 aliphatic rings. The van der Waals surface area contributed by atoms with Gasteiger partial charge in [0.1, 0.15) is 23.0 Å². The number of para-hydroxylation sites is 1. The Kier molecular flexibility index (Phi) is 6.47. The molecule has 1 fully saturated rings. The quantitative estimate of drug-likeness (QED) is 0.191. The summed E-state index contributed by atoms with van der Waals surface area (Å²) in [6, 6.07) is 29.8. The first kappa shape index (κ1) is 23.9. The minimum atomic E-state index is -0.868. The molecule has 4 aromatic rings. The number of benzene rings is 4. The van der Waals surface area contributed by atoms with E-state index in [1.54, 1.807) is 48.5 Å². The van der Waals surface area contributed by atoms with Gasteiger partial charge in [0.05, 0.1) is 18.7 Å². The number of aryl methyl sites for hydroxylation is 1. The van der Waals surface area contributed by atoms with Gasteiger partial charge in [-0.05, 0) is 66.6 Å². The summed E-state index contributed by atoms with van der Waals surface area (Å²) in [4.78, 5) is 28.3. The number of hydrogen-bond donors (Lipinski definition) is 1. The number of methoxy groups -OCH3 is 1. The number of aliphatic hydroxyl groups excluding tert-OH is 1. The van der Waals surface area contributed by atoms with Crippen LogP contribution >= 0.6 is 0 Å². The predicted molar refractivity (Wildman–Crippen MR) is 142 cm³/mol. The highest BCUT2D eigenvalue weighted by molar-refractivity contribution is 6.51. The molecule has 1 N–H and O–H groups in total. The summed E-state index contributed by atoms with van der Waals surface area (Å²) in [6.07, 6.45) is 0. The van der Waals surface area contributed by atoms with Crippen molar-refractivity contribution in [1.29, 1.82) is 0 Å². The number of Topliss-reactive ketones (excluding diaryl/α,β-unsaturated/α-hetero) is 1. The van der Waals surface area contributed by atoms with Crippen LogP contribution in [0.4, 0.5) is 5.69 Å². The van der Waals surface area contributed by atoms with Crippen molar-refractivity contribution < 1.29 is 24.2 Å². The largest absolute Gasteiger partial charge is 0.507 e. The molecule has 1 aliphatic heterocycles. The van der Waals surface area contributed by atoms with Gasteiger partial charge >= 0.3 is 0 Å².